The zero-order valence-corrected chi connectivity index (χ0v) is 19.8. The zero-order chi connectivity index (χ0) is 23.4. The van der Waals surface area contributed by atoms with Crippen molar-refractivity contribution in [1.29, 1.82) is 0 Å². The number of piperazine rings is 1. The first-order valence-electron chi connectivity index (χ1n) is 12.4. The summed E-state index contributed by atoms with van der Waals surface area (Å²) in [6.07, 6.45) is 3.62. The maximum absolute atomic E-state index is 13.4. The standard InChI is InChI=1S/C25H37N5O3/c1-3-4-9-21(31)19(16-17-10-11-17)24(32)28-22-25(33)29(2)20-8-6-5-7-18(20)23(27-22)30-14-12-26-13-15-30/h5-8,17,19,21-22,26,31H,3-4,9-16H2,1-2H3,(H,28,32)/t19?,21?,22-/m1/s1. The third kappa shape index (κ3) is 5.55. The van der Waals surface area contributed by atoms with Crippen LogP contribution >= 0.6 is 0 Å². The number of benzodiazepines with no additional fused rings is 1. The van der Waals surface area contributed by atoms with Crippen LogP contribution in [0.1, 0.15) is 51.0 Å². The summed E-state index contributed by atoms with van der Waals surface area (Å²) in [7, 11) is 1.73. The Morgan fingerprint density at radius 3 is 2.70 bits per heavy atom. The summed E-state index contributed by atoms with van der Waals surface area (Å²) in [6, 6.07) is 7.75. The molecule has 0 bridgehead atoms. The Bertz CT molecular complexity index is 879. The number of nitrogens with one attached hydrogen (secondary N) is 2. The largest absolute Gasteiger partial charge is 0.392 e. The predicted molar refractivity (Wildman–Crippen MR) is 129 cm³/mol. The number of para-hydroxylation sites is 1. The number of unbranched alkanes of at least 4 members (excludes halogenated alkanes) is 1. The Hall–Kier alpha value is -2.45. The number of aliphatic hydroxyl groups excluding tert-OH is 1. The van der Waals surface area contributed by atoms with Gasteiger partial charge in [-0.15, -0.1) is 0 Å². The average Bonchev–Trinajstić information content (AvgIpc) is 3.67. The van der Waals surface area contributed by atoms with Crippen LogP contribution in [0, 0.1) is 11.8 Å². The van der Waals surface area contributed by atoms with E-state index in [1.807, 2.05) is 24.3 Å². The van der Waals surface area contributed by atoms with Crippen LogP contribution in [-0.4, -0.2) is 73.2 Å². The fourth-order valence-electron chi connectivity index (χ4n) is 4.73. The number of hydrogen-bond acceptors (Lipinski definition) is 6. The molecule has 1 aliphatic carbocycles. The van der Waals surface area contributed by atoms with Crippen LogP contribution in [0.15, 0.2) is 29.3 Å². The number of hydrogen-bond donors (Lipinski definition) is 3. The van der Waals surface area contributed by atoms with Crippen LogP contribution in [-0.2, 0) is 9.59 Å². The molecular weight excluding hydrogens is 418 g/mol. The highest BCUT2D eigenvalue weighted by atomic mass is 16.3. The van der Waals surface area contributed by atoms with E-state index in [1.165, 1.54) is 0 Å². The second kappa shape index (κ2) is 10.7. The van der Waals surface area contributed by atoms with Crippen molar-refractivity contribution in [2.24, 2.45) is 16.8 Å². The van der Waals surface area contributed by atoms with Gasteiger partial charge in [-0.1, -0.05) is 44.7 Å². The smallest absolute Gasteiger partial charge is 0.272 e. The molecule has 0 radical (unpaired) electrons. The van der Waals surface area contributed by atoms with E-state index in [0.717, 1.165) is 68.9 Å². The van der Waals surface area contributed by atoms with Gasteiger partial charge in [0.25, 0.3) is 5.91 Å². The molecule has 3 N–H and O–H groups in total. The van der Waals surface area contributed by atoms with Crippen LogP contribution in [0.5, 0.6) is 0 Å². The molecule has 0 spiro atoms. The number of aliphatic imine (C=N–C) groups is 1. The second-order valence-electron chi connectivity index (χ2n) is 9.51. The van der Waals surface area contributed by atoms with E-state index >= 15 is 0 Å². The Morgan fingerprint density at radius 2 is 2.00 bits per heavy atom. The van der Waals surface area contributed by atoms with E-state index in [0.29, 0.717) is 18.8 Å². The topological polar surface area (TPSA) is 97.3 Å². The van der Waals surface area contributed by atoms with Crippen molar-refractivity contribution in [3.63, 3.8) is 0 Å². The minimum absolute atomic E-state index is 0.269. The van der Waals surface area contributed by atoms with E-state index in [1.54, 1.807) is 11.9 Å². The van der Waals surface area contributed by atoms with E-state index < -0.39 is 18.2 Å². The molecule has 1 saturated carbocycles. The van der Waals surface area contributed by atoms with Crippen molar-refractivity contribution in [3.8, 4) is 0 Å². The number of aliphatic hydroxyl groups is 1. The Balaban J connectivity index is 1.60. The number of amidine groups is 1. The third-order valence-electron chi connectivity index (χ3n) is 6.96. The second-order valence-corrected chi connectivity index (χ2v) is 9.51. The van der Waals surface area contributed by atoms with Gasteiger partial charge in [0.1, 0.15) is 5.84 Å². The lowest BCUT2D eigenvalue weighted by Gasteiger charge is -2.31. The number of fused-ring (bicyclic) bond motifs is 1. The zero-order valence-electron chi connectivity index (χ0n) is 19.8. The van der Waals surface area contributed by atoms with Crippen molar-refractivity contribution >= 4 is 23.3 Å². The molecule has 1 saturated heterocycles. The summed E-state index contributed by atoms with van der Waals surface area (Å²) < 4.78 is 0. The van der Waals surface area contributed by atoms with Gasteiger partial charge in [0, 0.05) is 38.8 Å². The maximum Gasteiger partial charge on any atom is 0.272 e. The van der Waals surface area contributed by atoms with Crippen molar-refractivity contribution in [3.05, 3.63) is 29.8 Å². The molecule has 33 heavy (non-hydrogen) atoms. The summed E-state index contributed by atoms with van der Waals surface area (Å²) in [5.74, 6) is 0.181. The number of carbonyl (C=O) groups excluding carboxylic acids is 2. The summed E-state index contributed by atoms with van der Waals surface area (Å²) in [5, 5.41) is 17.0. The van der Waals surface area contributed by atoms with Crippen LogP contribution in [0.4, 0.5) is 5.69 Å². The average molecular weight is 456 g/mol. The highest BCUT2D eigenvalue weighted by molar-refractivity contribution is 6.12. The quantitative estimate of drug-likeness (QED) is 0.555. The molecule has 3 atom stereocenters. The van der Waals surface area contributed by atoms with E-state index in [2.05, 4.69) is 22.5 Å². The van der Waals surface area contributed by atoms with Crippen LogP contribution in [0.2, 0.25) is 0 Å². The minimum atomic E-state index is -1.01. The molecule has 180 valence electrons. The predicted octanol–water partition coefficient (Wildman–Crippen LogP) is 1.72. The minimum Gasteiger partial charge on any atom is -0.392 e. The Labute approximate surface area is 196 Å². The van der Waals surface area contributed by atoms with Gasteiger partial charge in [-0.2, -0.15) is 0 Å². The molecule has 2 amide bonds. The lowest BCUT2D eigenvalue weighted by atomic mass is 9.91. The Kier molecular flexibility index (Phi) is 7.65. The molecule has 0 aromatic heterocycles. The summed E-state index contributed by atoms with van der Waals surface area (Å²) in [5.41, 5.74) is 1.68. The lowest BCUT2D eigenvalue weighted by molar-refractivity contribution is -0.133. The molecule has 1 aromatic carbocycles. The van der Waals surface area contributed by atoms with Gasteiger partial charge in [-0.3, -0.25) is 9.59 Å². The summed E-state index contributed by atoms with van der Waals surface area (Å²) in [4.78, 5) is 35.3. The van der Waals surface area contributed by atoms with Gasteiger partial charge in [0.2, 0.25) is 12.1 Å². The molecule has 4 rings (SSSR count). The van der Waals surface area contributed by atoms with Crippen molar-refractivity contribution in [2.45, 2.75) is 57.7 Å². The molecule has 1 aromatic rings. The first-order valence-corrected chi connectivity index (χ1v) is 12.4. The van der Waals surface area contributed by atoms with E-state index in [4.69, 9.17) is 4.99 Å². The first-order chi connectivity index (χ1) is 16.0. The number of benzene rings is 1. The number of rotatable bonds is 8. The van der Waals surface area contributed by atoms with Gasteiger partial charge in [0.15, 0.2) is 0 Å². The molecule has 2 fully saturated rings. The number of carbonyl (C=O) groups is 2. The third-order valence-corrected chi connectivity index (χ3v) is 6.96. The fourth-order valence-corrected chi connectivity index (χ4v) is 4.73. The van der Waals surface area contributed by atoms with Crippen molar-refractivity contribution in [2.75, 3.05) is 38.1 Å². The fraction of sp³-hybridized carbons (Fsp3) is 0.640. The number of anilines is 1. The molecule has 2 unspecified atom stereocenters. The maximum atomic E-state index is 13.4. The molecule has 2 aliphatic heterocycles. The molecule has 3 aliphatic rings. The number of likely N-dealkylation sites (N-methyl/N-ethyl adjacent to an activating group) is 1. The van der Waals surface area contributed by atoms with Crippen molar-refractivity contribution < 1.29 is 14.7 Å². The molecule has 2 heterocycles. The normalized spacial score (nSPS) is 22.8. The van der Waals surface area contributed by atoms with Crippen LogP contribution in [0.3, 0.4) is 0 Å². The van der Waals surface area contributed by atoms with Gasteiger partial charge < -0.3 is 25.5 Å². The monoisotopic (exact) mass is 455 g/mol. The van der Waals surface area contributed by atoms with Gasteiger partial charge in [-0.25, -0.2) is 4.99 Å². The van der Waals surface area contributed by atoms with Crippen LogP contribution < -0.4 is 15.5 Å². The van der Waals surface area contributed by atoms with Gasteiger partial charge in [0.05, 0.1) is 17.7 Å². The highest BCUT2D eigenvalue weighted by Crippen LogP contribution is 2.37. The number of nitrogens with zero attached hydrogens (tertiary/aromatic N) is 3. The van der Waals surface area contributed by atoms with Crippen LogP contribution in [0.25, 0.3) is 0 Å². The van der Waals surface area contributed by atoms with Gasteiger partial charge >= 0.3 is 0 Å². The summed E-state index contributed by atoms with van der Waals surface area (Å²) in [6.45, 7) is 5.33. The van der Waals surface area contributed by atoms with Gasteiger partial charge in [-0.05, 0) is 30.9 Å². The van der Waals surface area contributed by atoms with Crippen molar-refractivity contribution in [1.82, 2.24) is 15.5 Å². The Morgan fingerprint density at radius 1 is 1.27 bits per heavy atom. The SMILES string of the molecule is CCCCC(O)C(CC1CC1)C(=O)N[C@H]1N=C(N2CCNCC2)c2ccccc2N(C)C1=O. The van der Waals surface area contributed by atoms with E-state index in [9.17, 15) is 14.7 Å². The highest BCUT2D eigenvalue weighted by Gasteiger charge is 2.37. The summed E-state index contributed by atoms with van der Waals surface area (Å²) >= 11 is 0. The molecular formula is C25H37N5O3. The first kappa shape index (κ1) is 23.7. The molecule has 8 nitrogen and oxygen atoms in total. The van der Waals surface area contributed by atoms with E-state index in [-0.39, 0.29) is 11.8 Å². The lowest BCUT2D eigenvalue weighted by Crippen LogP contribution is -2.50. The molecule has 8 heteroatoms. The number of amides is 2.